The van der Waals surface area contributed by atoms with Crippen molar-refractivity contribution in [2.24, 2.45) is 0 Å². The number of nitro groups is 1. The number of hydrogen-bond donors (Lipinski definition) is 4. The normalized spacial score (nSPS) is 19.4. The van der Waals surface area contributed by atoms with Gasteiger partial charge in [-0.3, -0.25) is 10.1 Å². The lowest BCUT2D eigenvalue weighted by molar-refractivity contribution is -0.384. The van der Waals surface area contributed by atoms with Crippen LogP contribution in [0.4, 0.5) is 5.69 Å². The Morgan fingerprint density at radius 2 is 1.27 bits per heavy atom. The van der Waals surface area contributed by atoms with E-state index in [-0.39, 0.29) is 10.6 Å². The molecular formula is C18H32N6O2. The fourth-order valence-corrected chi connectivity index (χ4v) is 2.91. The van der Waals surface area contributed by atoms with Crippen LogP contribution < -0.4 is 21.3 Å². The van der Waals surface area contributed by atoms with Crippen LogP contribution in [-0.2, 0) is 6.42 Å². The van der Waals surface area contributed by atoms with Gasteiger partial charge in [-0.15, -0.1) is 0 Å². The Balaban J connectivity index is 1.77. The third kappa shape index (κ3) is 8.68. The van der Waals surface area contributed by atoms with Gasteiger partial charge in [-0.25, -0.2) is 0 Å². The molecule has 146 valence electrons. The van der Waals surface area contributed by atoms with Crippen molar-refractivity contribution in [1.29, 1.82) is 0 Å². The molecule has 1 fully saturated rings. The summed E-state index contributed by atoms with van der Waals surface area (Å²) in [6.45, 7) is 10.9. The van der Waals surface area contributed by atoms with Crippen LogP contribution in [0.2, 0.25) is 0 Å². The molecule has 0 unspecified atom stereocenters. The highest BCUT2D eigenvalue weighted by Gasteiger charge is 2.07. The van der Waals surface area contributed by atoms with Gasteiger partial charge >= 0.3 is 0 Å². The maximum absolute atomic E-state index is 10.7. The summed E-state index contributed by atoms with van der Waals surface area (Å²) < 4.78 is 0. The van der Waals surface area contributed by atoms with Crippen LogP contribution in [-0.4, -0.2) is 81.8 Å². The largest absolute Gasteiger partial charge is 0.314 e. The van der Waals surface area contributed by atoms with E-state index in [1.165, 1.54) is 0 Å². The fourth-order valence-electron chi connectivity index (χ4n) is 2.91. The van der Waals surface area contributed by atoms with Gasteiger partial charge < -0.3 is 26.2 Å². The molecule has 1 saturated heterocycles. The van der Waals surface area contributed by atoms with E-state index in [1.54, 1.807) is 12.1 Å². The molecule has 0 saturated carbocycles. The van der Waals surface area contributed by atoms with Crippen molar-refractivity contribution >= 4 is 5.69 Å². The minimum absolute atomic E-state index is 0.151. The van der Waals surface area contributed by atoms with Gasteiger partial charge in [0, 0.05) is 84.1 Å². The minimum atomic E-state index is -0.353. The van der Waals surface area contributed by atoms with E-state index >= 15 is 0 Å². The standard InChI is InChI=1S/C18H32N6O2/c25-24(26)18-3-1-17(2-4-18)5-14-23-15-12-21-10-8-19-6-7-20-9-11-22-13-16-23/h1-4,19-22H,5-16H2. The van der Waals surface area contributed by atoms with Crippen LogP contribution in [0.15, 0.2) is 24.3 Å². The van der Waals surface area contributed by atoms with Crippen molar-refractivity contribution in [3.8, 4) is 0 Å². The maximum atomic E-state index is 10.7. The number of hydrogen-bond acceptors (Lipinski definition) is 7. The van der Waals surface area contributed by atoms with Crippen molar-refractivity contribution in [2.45, 2.75) is 6.42 Å². The zero-order valence-corrected chi connectivity index (χ0v) is 15.5. The molecule has 0 atom stereocenters. The van der Waals surface area contributed by atoms with E-state index in [9.17, 15) is 10.1 Å². The SMILES string of the molecule is O=[N+]([O-])c1ccc(CCN2CCNCCNCCNCCNCC2)cc1. The highest BCUT2D eigenvalue weighted by atomic mass is 16.6. The summed E-state index contributed by atoms with van der Waals surface area (Å²) in [7, 11) is 0. The van der Waals surface area contributed by atoms with Crippen LogP contribution in [0.3, 0.4) is 0 Å². The number of nitrogens with one attached hydrogen (secondary N) is 4. The average Bonchev–Trinajstić information content (AvgIpc) is 2.66. The summed E-state index contributed by atoms with van der Waals surface area (Å²) in [4.78, 5) is 12.8. The van der Waals surface area contributed by atoms with E-state index < -0.39 is 0 Å². The van der Waals surface area contributed by atoms with Crippen LogP contribution in [0.5, 0.6) is 0 Å². The van der Waals surface area contributed by atoms with Crippen molar-refractivity contribution in [2.75, 3.05) is 72.0 Å². The summed E-state index contributed by atoms with van der Waals surface area (Å²) in [5, 5.41) is 24.5. The lowest BCUT2D eigenvalue weighted by Crippen LogP contribution is -2.39. The maximum Gasteiger partial charge on any atom is 0.269 e. The Labute approximate surface area is 155 Å². The lowest BCUT2D eigenvalue weighted by atomic mass is 10.1. The quantitative estimate of drug-likeness (QED) is 0.435. The van der Waals surface area contributed by atoms with Gasteiger partial charge in [0.05, 0.1) is 4.92 Å². The third-order valence-electron chi connectivity index (χ3n) is 4.51. The zero-order valence-electron chi connectivity index (χ0n) is 15.5. The molecule has 1 aromatic rings. The molecule has 0 bridgehead atoms. The first kappa shape index (κ1) is 20.7. The second-order valence-electron chi connectivity index (χ2n) is 6.52. The van der Waals surface area contributed by atoms with Crippen molar-refractivity contribution in [3.63, 3.8) is 0 Å². The van der Waals surface area contributed by atoms with E-state index in [2.05, 4.69) is 26.2 Å². The molecule has 1 aliphatic heterocycles. The number of rotatable bonds is 4. The molecular weight excluding hydrogens is 332 g/mol. The van der Waals surface area contributed by atoms with Crippen LogP contribution in [0, 0.1) is 10.1 Å². The Hall–Kier alpha value is -1.58. The van der Waals surface area contributed by atoms with Gasteiger partial charge in [0.1, 0.15) is 0 Å². The first-order valence-corrected chi connectivity index (χ1v) is 9.54. The topological polar surface area (TPSA) is 94.5 Å². The van der Waals surface area contributed by atoms with E-state index in [0.29, 0.717) is 0 Å². The summed E-state index contributed by atoms with van der Waals surface area (Å²) in [6, 6.07) is 6.90. The highest BCUT2D eigenvalue weighted by molar-refractivity contribution is 5.32. The third-order valence-corrected chi connectivity index (χ3v) is 4.51. The predicted octanol–water partition coefficient (Wildman–Crippen LogP) is -0.189. The molecule has 2 rings (SSSR count). The first-order chi connectivity index (χ1) is 12.8. The number of nitro benzene ring substituents is 1. The van der Waals surface area contributed by atoms with Crippen molar-refractivity contribution in [1.82, 2.24) is 26.2 Å². The summed E-state index contributed by atoms with van der Waals surface area (Å²) in [5.74, 6) is 0. The second-order valence-corrected chi connectivity index (χ2v) is 6.52. The molecule has 0 amide bonds. The van der Waals surface area contributed by atoms with Gasteiger partial charge in [0.15, 0.2) is 0 Å². The van der Waals surface area contributed by atoms with Crippen molar-refractivity contribution in [3.05, 3.63) is 39.9 Å². The molecule has 0 aliphatic carbocycles. The second kappa shape index (κ2) is 12.7. The first-order valence-electron chi connectivity index (χ1n) is 9.54. The average molecular weight is 364 g/mol. The molecule has 4 N–H and O–H groups in total. The number of benzene rings is 1. The fraction of sp³-hybridized carbons (Fsp3) is 0.667. The molecule has 0 radical (unpaired) electrons. The van der Waals surface area contributed by atoms with Crippen LogP contribution in [0.25, 0.3) is 0 Å². The Kier molecular flexibility index (Phi) is 10.1. The van der Waals surface area contributed by atoms with Gasteiger partial charge in [-0.05, 0) is 12.0 Å². The molecule has 8 heteroatoms. The van der Waals surface area contributed by atoms with Crippen LogP contribution >= 0.6 is 0 Å². The molecule has 0 aromatic heterocycles. The molecule has 1 aromatic carbocycles. The van der Waals surface area contributed by atoms with Crippen molar-refractivity contribution < 1.29 is 4.92 Å². The Morgan fingerprint density at radius 3 is 1.73 bits per heavy atom. The van der Waals surface area contributed by atoms with E-state index in [1.807, 2.05) is 12.1 Å². The van der Waals surface area contributed by atoms with E-state index in [4.69, 9.17) is 0 Å². The molecule has 8 nitrogen and oxygen atoms in total. The van der Waals surface area contributed by atoms with Gasteiger partial charge in [0.2, 0.25) is 0 Å². The van der Waals surface area contributed by atoms with Gasteiger partial charge in [-0.2, -0.15) is 0 Å². The summed E-state index contributed by atoms with van der Waals surface area (Å²) in [6.07, 6.45) is 0.904. The molecule has 1 heterocycles. The molecule has 1 aliphatic rings. The minimum Gasteiger partial charge on any atom is -0.314 e. The van der Waals surface area contributed by atoms with Gasteiger partial charge in [0.25, 0.3) is 5.69 Å². The summed E-state index contributed by atoms with van der Waals surface area (Å²) >= 11 is 0. The van der Waals surface area contributed by atoms with Gasteiger partial charge in [-0.1, -0.05) is 12.1 Å². The Bertz CT molecular complexity index is 495. The summed E-state index contributed by atoms with van der Waals surface area (Å²) in [5.41, 5.74) is 1.29. The highest BCUT2D eigenvalue weighted by Crippen LogP contribution is 2.12. The Morgan fingerprint density at radius 1 is 0.808 bits per heavy atom. The van der Waals surface area contributed by atoms with Crippen LogP contribution in [0.1, 0.15) is 5.56 Å². The van der Waals surface area contributed by atoms with E-state index in [0.717, 1.165) is 84.0 Å². The lowest BCUT2D eigenvalue weighted by Gasteiger charge is -2.23. The molecule has 26 heavy (non-hydrogen) atoms. The number of non-ortho nitro benzene ring substituents is 1. The monoisotopic (exact) mass is 364 g/mol. The molecule has 0 spiro atoms. The predicted molar refractivity (Wildman–Crippen MR) is 105 cm³/mol. The number of nitrogens with zero attached hydrogens (tertiary/aromatic N) is 2. The zero-order chi connectivity index (χ0) is 18.5. The smallest absolute Gasteiger partial charge is 0.269 e.